The Morgan fingerprint density at radius 3 is 2.60 bits per heavy atom. The zero-order valence-corrected chi connectivity index (χ0v) is 17.0. The molecule has 1 fully saturated rings. The average Bonchev–Trinajstić information content (AvgIpc) is 3.22. The van der Waals surface area contributed by atoms with E-state index >= 15 is 0 Å². The number of piperazine rings is 1. The van der Waals surface area contributed by atoms with Gasteiger partial charge in [-0.25, -0.2) is 0 Å². The van der Waals surface area contributed by atoms with E-state index in [1.807, 2.05) is 36.4 Å². The molecule has 0 radical (unpaired) electrons. The van der Waals surface area contributed by atoms with Crippen LogP contribution in [0.4, 0.5) is 5.88 Å². The van der Waals surface area contributed by atoms with Gasteiger partial charge in [0.05, 0.1) is 7.11 Å². The second-order valence-corrected chi connectivity index (χ2v) is 7.18. The number of rotatable bonds is 6. The summed E-state index contributed by atoms with van der Waals surface area (Å²) in [6, 6.07) is 20.4. The zero-order valence-electron chi connectivity index (χ0n) is 17.0. The van der Waals surface area contributed by atoms with E-state index in [9.17, 15) is 5.26 Å². The van der Waals surface area contributed by atoms with Crippen LogP contribution in [-0.2, 0) is 6.54 Å². The molecule has 0 amide bonds. The molecule has 0 atom stereocenters. The van der Waals surface area contributed by atoms with Crippen LogP contribution in [0.3, 0.4) is 0 Å². The molecule has 0 aliphatic carbocycles. The van der Waals surface area contributed by atoms with E-state index in [1.165, 1.54) is 5.56 Å². The maximum Gasteiger partial charge on any atom is 0.235 e. The van der Waals surface area contributed by atoms with Gasteiger partial charge in [-0.15, -0.1) is 0 Å². The van der Waals surface area contributed by atoms with E-state index < -0.39 is 0 Å². The molecule has 6 nitrogen and oxygen atoms in total. The van der Waals surface area contributed by atoms with Gasteiger partial charge in [-0.05, 0) is 29.3 Å². The van der Waals surface area contributed by atoms with Crippen LogP contribution in [0.5, 0.6) is 5.75 Å². The molecule has 30 heavy (non-hydrogen) atoms. The fourth-order valence-electron chi connectivity index (χ4n) is 3.55. The van der Waals surface area contributed by atoms with Crippen LogP contribution in [-0.4, -0.2) is 43.2 Å². The minimum Gasteiger partial charge on any atom is -0.497 e. The van der Waals surface area contributed by atoms with Gasteiger partial charge < -0.3 is 14.1 Å². The van der Waals surface area contributed by atoms with Crippen molar-refractivity contribution >= 4 is 18.0 Å². The van der Waals surface area contributed by atoms with Gasteiger partial charge in [-0.3, -0.25) is 4.90 Å². The number of methoxy groups -OCH3 is 1. The van der Waals surface area contributed by atoms with Crippen molar-refractivity contribution in [3.63, 3.8) is 0 Å². The number of nitriles is 1. The van der Waals surface area contributed by atoms with Crippen LogP contribution in [0.1, 0.15) is 22.7 Å². The number of hydrogen-bond acceptors (Lipinski definition) is 6. The third-order valence-electron chi connectivity index (χ3n) is 5.15. The van der Waals surface area contributed by atoms with Gasteiger partial charge in [-0.2, -0.15) is 10.2 Å². The first-order valence-corrected chi connectivity index (χ1v) is 9.99. The number of aromatic nitrogens is 1. The highest BCUT2D eigenvalue weighted by atomic mass is 16.5. The molecule has 0 bridgehead atoms. The van der Waals surface area contributed by atoms with Crippen molar-refractivity contribution in [1.82, 2.24) is 9.88 Å². The number of hydrogen-bond donors (Lipinski definition) is 0. The highest BCUT2D eigenvalue weighted by Gasteiger charge is 2.23. The third kappa shape index (κ3) is 4.70. The molecule has 0 N–H and O–H groups in total. The summed E-state index contributed by atoms with van der Waals surface area (Å²) in [6.07, 6.45) is 3.68. The summed E-state index contributed by atoms with van der Waals surface area (Å²) in [6.45, 7) is 4.36. The Bertz CT molecular complexity index is 1040. The molecule has 1 aromatic heterocycles. The van der Waals surface area contributed by atoms with Crippen molar-refractivity contribution in [1.29, 1.82) is 5.26 Å². The number of oxazole rings is 1. The fourth-order valence-corrected chi connectivity index (χ4v) is 3.55. The van der Waals surface area contributed by atoms with Gasteiger partial charge in [0.25, 0.3) is 0 Å². The van der Waals surface area contributed by atoms with Crippen LogP contribution >= 0.6 is 0 Å². The standard InChI is InChI=1S/C24H24N4O2/c1-29-21-9-5-8-19(16-21)10-11-23-26-22(17-25)24(30-23)28-14-12-27(13-15-28)18-20-6-3-2-4-7-20/h2-11,16H,12-15,18H2,1H3/b11-10+. The molecule has 4 rings (SSSR count). The van der Waals surface area contributed by atoms with Crippen molar-refractivity contribution in [2.45, 2.75) is 6.54 Å². The van der Waals surface area contributed by atoms with Crippen LogP contribution in [0.15, 0.2) is 59.0 Å². The summed E-state index contributed by atoms with van der Waals surface area (Å²) in [5, 5.41) is 9.51. The predicted molar refractivity (Wildman–Crippen MR) is 117 cm³/mol. The number of benzene rings is 2. The number of anilines is 1. The lowest BCUT2D eigenvalue weighted by atomic mass is 10.2. The summed E-state index contributed by atoms with van der Waals surface area (Å²) in [7, 11) is 1.64. The fraction of sp³-hybridized carbons (Fsp3) is 0.250. The van der Waals surface area contributed by atoms with Crippen LogP contribution < -0.4 is 9.64 Å². The Labute approximate surface area is 176 Å². The lowest BCUT2D eigenvalue weighted by Crippen LogP contribution is -2.46. The molecule has 0 spiro atoms. The highest BCUT2D eigenvalue weighted by Crippen LogP contribution is 2.25. The summed E-state index contributed by atoms with van der Waals surface area (Å²) >= 11 is 0. The Kier molecular flexibility index (Phi) is 6.11. The highest BCUT2D eigenvalue weighted by molar-refractivity contribution is 5.68. The number of nitrogens with zero attached hydrogens (tertiary/aromatic N) is 4. The van der Waals surface area contributed by atoms with Gasteiger partial charge in [-0.1, -0.05) is 42.5 Å². The van der Waals surface area contributed by atoms with Crippen molar-refractivity contribution in [2.24, 2.45) is 0 Å². The second kappa shape index (κ2) is 9.29. The first-order chi connectivity index (χ1) is 14.7. The molecule has 6 heteroatoms. The van der Waals surface area contributed by atoms with Gasteiger partial charge in [0, 0.05) is 38.8 Å². The molecule has 1 saturated heterocycles. The van der Waals surface area contributed by atoms with E-state index in [1.54, 1.807) is 13.2 Å². The molecule has 0 saturated carbocycles. The number of ether oxygens (including phenoxy) is 1. The van der Waals surface area contributed by atoms with Gasteiger partial charge in [0.15, 0.2) is 0 Å². The molecule has 0 unspecified atom stereocenters. The van der Waals surface area contributed by atoms with Gasteiger partial charge >= 0.3 is 0 Å². The SMILES string of the molecule is COc1cccc(/C=C/c2nc(C#N)c(N3CCN(Cc4ccccc4)CC3)o2)c1. The summed E-state index contributed by atoms with van der Waals surface area (Å²) < 4.78 is 11.2. The normalized spacial score (nSPS) is 14.7. The van der Waals surface area contributed by atoms with Crippen molar-refractivity contribution in [2.75, 3.05) is 38.2 Å². The lowest BCUT2D eigenvalue weighted by molar-refractivity contribution is 0.246. The molecule has 1 aliphatic rings. The predicted octanol–water partition coefficient (Wildman–Crippen LogP) is 4.05. The monoisotopic (exact) mass is 400 g/mol. The van der Waals surface area contributed by atoms with Crippen LogP contribution in [0.2, 0.25) is 0 Å². The molecular formula is C24H24N4O2. The minimum absolute atomic E-state index is 0.330. The van der Waals surface area contributed by atoms with E-state index in [0.29, 0.717) is 17.5 Å². The lowest BCUT2D eigenvalue weighted by Gasteiger charge is -2.34. The summed E-state index contributed by atoms with van der Waals surface area (Å²) in [5.74, 6) is 1.77. The largest absolute Gasteiger partial charge is 0.497 e. The van der Waals surface area contributed by atoms with E-state index in [-0.39, 0.29) is 0 Å². The summed E-state index contributed by atoms with van der Waals surface area (Å²) in [4.78, 5) is 8.87. The van der Waals surface area contributed by atoms with Crippen molar-refractivity contribution < 1.29 is 9.15 Å². The molecule has 1 aliphatic heterocycles. The van der Waals surface area contributed by atoms with Crippen LogP contribution in [0.25, 0.3) is 12.2 Å². The van der Waals surface area contributed by atoms with Crippen molar-refractivity contribution in [3.8, 4) is 11.8 Å². The Morgan fingerprint density at radius 1 is 1.07 bits per heavy atom. The third-order valence-corrected chi connectivity index (χ3v) is 5.15. The quantitative estimate of drug-likeness (QED) is 0.622. The Hall–Kier alpha value is -3.56. The summed E-state index contributed by atoms with van der Waals surface area (Å²) in [5.41, 5.74) is 2.62. The van der Waals surface area contributed by atoms with E-state index in [0.717, 1.165) is 44.0 Å². The average molecular weight is 400 g/mol. The first kappa shape index (κ1) is 19.7. The first-order valence-electron chi connectivity index (χ1n) is 9.99. The Morgan fingerprint density at radius 2 is 1.87 bits per heavy atom. The van der Waals surface area contributed by atoms with E-state index in [2.05, 4.69) is 45.1 Å². The molecule has 3 aromatic rings. The molecule has 2 heterocycles. The van der Waals surface area contributed by atoms with Gasteiger partial charge in [0.2, 0.25) is 17.5 Å². The Balaban J connectivity index is 1.42. The van der Waals surface area contributed by atoms with E-state index in [4.69, 9.17) is 9.15 Å². The molecular weight excluding hydrogens is 376 g/mol. The van der Waals surface area contributed by atoms with Crippen molar-refractivity contribution in [3.05, 3.63) is 77.3 Å². The van der Waals surface area contributed by atoms with Gasteiger partial charge in [0.1, 0.15) is 11.8 Å². The zero-order chi connectivity index (χ0) is 20.8. The molecule has 152 valence electrons. The topological polar surface area (TPSA) is 65.5 Å². The minimum atomic E-state index is 0.330. The maximum absolute atomic E-state index is 9.51. The second-order valence-electron chi connectivity index (χ2n) is 7.18. The maximum atomic E-state index is 9.51. The smallest absolute Gasteiger partial charge is 0.235 e. The van der Waals surface area contributed by atoms with Crippen LogP contribution in [0, 0.1) is 11.3 Å². The molecule has 2 aromatic carbocycles.